The van der Waals surface area contributed by atoms with Crippen molar-refractivity contribution in [2.45, 2.75) is 13.3 Å². The van der Waals surface area contributed by atoms with Gasteiger partial charge in [-0.25, -0.2) is 4.79 Å². The maximum absolute atomic E-state index is 11.0. The molecule has 0 fully saturated rings. The first-order valence-electron chi connectivity index (χ1n) is 5.22. The quantitative estimate of drug-likeness (QED) is 0.807. The first-order chi connectivity index (χ1) is 8.06. The number of carbonyl (C=O) groups excluding carboxylic acids is 1. The Morgan fingerprint density at radius 3 is 2.71 bits per heavy atom. The van der Waals surface area contributed by atoms with Crippen LogP contribution < -0.4 is 10.1 Å². The van der Waals surface area contributed by atoms with Crippen molar-refractivity contribution >= 4 is 11.9 Å². The fourth-order valence-electron chi connectivity index (χ4n) is 1.38. The number of hydrogen-bond donors (Lipinski definition) is 2. The van der Waals surface area contributed by atoms with Crippen LogP contribution >= 0.6 is 0 Å². The van der Waals surface area contributed by atoms with E-state index in [9.17, 15) is 9.59 Å². The van der Waals surface area contributed by atoms with Crippen LogP contribution in [0.2, 0.25) is 0 Å². The number of carboxylic acid groups (broad SMARTS) is 1. The lowest BCUT2D eigenvalue weighted by atomic mass is 10.1. The summed E-state index contributed by atoms with van der Waals surface area (Å²) in [4.78, 5) is 21.9. The number of carboxylic acids is 1. The molecule has 1 rings (SSSR count). The third-order valence-electron chi connectivity index (χ3n) is 2.38. The van der Waals surface area contributed by atoms with E-state index in [-0.39, 0.29) is 24.5 Å². The molecule has 0 radical (unpaired) electrons. The molecule has 0 unspecified atom stereocenters. The molecule has 0 aromatic heterocycles. The van der Waals surface area contributed by atoms with Gasteiger partial charge >= 0.3 is 5.97 Å². The molecule has 0 aliphatic rings. The number of carbonyl (C=O) groups is 2. The summed E-state index contributed by atoms with van der Waals surface area (Å²) in [7, 11) is 1.55. The smallest absolute Gasteiger partial charge is 0.336 e. The molecular formula is C12H15NO4. The van der Waals surface area contributed by atoms with E-state index in [2.05, 4.69) is 5.32 Å². The molecule has 0 heterocycles. The lowest BCUT2D eigenvalue weighted by Gasteiger charge is -2.10. The Morgan fingerprint density at radius 2 is 2.12 bits per heavy atom. The van der Waals surface area contributed by atoms with Gasteiger partial charge in [0, 0.05) is 12.6 Å². The van der Waals surface area contributed by atoms with Crippen LogP contribution in [0, 0.1) is 6.92 Å². The Morgan fingerprint density at radius 1 is 1.41 bits per heavy atom. The zero-order valence-electron chi connectivity index (χ0n) is 9.82. The minimum absolute atomic E-state index is 0.114. The monoisotopic (exact) mass is 237 g/mol. The van der Waals surface area contributed by atoms with E-state index in [1.54, 1.807) is 26.1 Å². The highest BCUT2D eigenvalue weighted by Gasteiger charge is 2.10. The molecule has 0 aliphatic heterocycles. The summed E-state index contributed by atoms with van der Waals surface area (Å²) >= 11 is 0. The zero-order valence-corrected chi connectivity index (χ0v) is 9.82. The molecule has 0 aliphatic carbocycles. The molecule has 0 saturated carbocycles. The summed E-state index contributed by atoms with van der Waals surface area (Å²) in [6, 6.07) is 4.82. The standard InChI is InChI=1S/C12H15NO4/c1-8-9(12(15)16)4-3-5-10(8)17-7-6-11(14)13-2/h3-5H,6-7H2,1-2H3,(H,13,14)(H,15,16). The molecule has 2 N–H and O–H groups in total. The highest BCUT2D eigenvalue weighted by molar-refractivity contribution is 5.90. The summed E-state index contributed by atoms with van der Waals surface area (Å²) in [5.74, 6) is -0.606. The highest BCUT2D eigenvalue weighted by atomic mass is 16.5. The van der Waals surface area contributed by atoms with Gasteiger partial charge in [-0.3, -0.25) is 4.79 Å². The summed E-state index contributed by atoms with van der Waals surface area (Å²) in [5.41, 5.74) is 0.777. The van der Waals surface area contributed by atoms with E-state index in [1.165, 1.54) is 6.07 Å². The van der Waals surface area contributed by atoms with E-state index in [1.807, 2.05) is 0 Å². The Labute approximate surface area is 99.4 Å². The minimum atomic E-state index is -0.987. The van der Waals surface area contributed by atoms with Crippen LogP contribution in [0.4, 0.5) is 0 Å². The topological polar surface area (TPSA) is 75.6 Å². The number of hydrogen-bond acceptors (Lipinski definition) is 3. The summed E-state index contributed by atoms with van der Waals surface area (Å²) < 4.78 is 5.38. The van der Waals surface area contributed by atoms with Crippen molar-refractivity contribution < 1.29 is 19.4 Å². The van der Waals surface area contributed by atoms with Crippen LogP contribution in [-0.4, -0.2) is 30.6 Å². The molecule has 92 valence electrons. The lowest BCUT2D eigenvalue weighted by molar-refractivity contribution is -0.121. The molecule has 0 saturated heterocycles. The van der Waals surface area contributed by atoms with Gasteiger partial charge in [0.25, 0.3) is 0 Å². The fraction of sp³-hybridized carbons (Fsp3) is 0.333. The predicted molar refractivity (Wildman–Crippen MR) is 62.3 cm³/mol. The maximum atomic E-state index is 11.0. The van der Waals surface area contributed by atoms with E-state index in [0.29, 0.717) is 11.3 Å². The summed E-state index contributed by atoms with van der Waals surface area (Å²) in [5, 5.41) is 11.4. The molecule has 1 aromatic carbocycles. The molecule has 0 spiro atoms. The molecule has 1 aromatic rings. The number of nitrogens with one attached hydrogen (secondary N) is 1. The largest absolute Gasteiger partial charge is 0.493 e. The Bertz CT molecular complexity index is 429. The van der Waals surface area contributed by atoms with Crippen LogP contribution in [0.25, 0.3) is 0 Å². The number of benzene rings is 1. The van der Waals surface area contributed by atoms with E-state index < -0.39 is 5.97 Å². The Kier molecular flexibility index (Phi) is 4.51. The molecule has 0 atom stereocenters. The Balaban J connectivity index is 2.69. The average molecular weight is 237 g/mol. The SMILES string of the molecule is CNC(=O)CCOc1cccc(C(=O)O)c1C. The third kappa shape index (κ3) is 3.48. The van der Waals surface area contributed by atoms with Crippen molar-refractivity contribution in [2.24, 2.45) is 0 Å². The second-order valence-electron chi connectivity index (χ2n) is 3.51. The van der Waals surface area contributed by atoms with Gasteiger partial charge in [0.2, 0.25) is 5.91 Å². The van der Waals surface area contributed by atoms with Crippen LogP contribution in [0.1, 0.15) is 22.3 Å². The fourth-order valence-corrected chi connectivity index (χ4v) is 1.38. The molecule has 17 heavy (non-hydrogen) atoms. The number of rotatable bonds is 5. The van der Waals surface area contributed by atoms with Gasteiger partial charge in [-0.1, -0.05) is 6.07 Å². The third-order valence-corrected chi connectivity index (χ3v) is 2.38. The van der Waals surface area contributed by atoms with Crippen molar-refractivity contribution in [3.8, 4) is 5.75 Å². The van der Waals surface area contributed by atoms with E-state index in [0.717, 1.165) is 0 Å². The van der Waals surface area contributed by atoms with Crippen molar-refractivity contribution in [3.63, 3.8) is 0 Å². The minimum Gasteiger partial charge on any atom is -0.493 e. The zero-order chi connectivity index (χ0) is 12.8. The van der Waals surface area contributed by atoms with Crippen LogP contribution in [0.15, 0.2) is 18.2 Å². The summed E-state index contributed by atoms with van der Waals surface area (Å²) in [6.07, 6.45) is 0.243. The number of ether oxygens (including phenoxy) is 1. The van der Waals surface area contributed by atoms with E-state index >= 15 is 0 Å². The molecular weight excluding hydrogens is 222 g/mol. The number of aromatic carboxylic acids is 1. The van der Waals surface area contributed by atoms with E-state index in [4.69, 9.17) is 9.84 Å². The first kappa shape index (κ1) is 13.0. The second kappa shape index (κ2) is 5.89. The van der Waals surface area contributed by atoms with Gasteiger partial charge in [0.1, 0.15) is 5.75 Å². The van der Waals surface area contributed by atoms with Gasteiger partial charge in [-0.15, -0.1) is 0 Å². The lowest BCUT2D eigenvalue weighted by Crippen LogP contribution is -2.20. The first-order valence-corrected chi connectivity index (χ1v) is 5.22. The van der Waals surface area contributed by atoms with Crippen molar-refractivity contribution in [1.82, 2.24) is 5.32 Å². The van der Waals surface area contributed by atoms with Gasteiger partial charge in [-0.2, -0.15) is 0 Å². The number of amides is 1. The highest BCUT2D eigenvalue weighted by Crippen LogP contribution is 2.21. The Hall–Kier alpha value is -2.04. The molecule has 5 nitrogen and oxygen atoms in total. The van der Waals surface area contributed by atoms with Gasteiger partial charge in [-0.05, 0) is 19.1 Å². The maximum Gasteiger partial charge on any atom is 0.336 e. The molecule has 0 bridgehead atoms. The van der Waals surface area contributed by atoms with Crippen LogP contribution in [-0.2, 0) is 4.79 Å². The van der Waals surface area contributed by atoms with Gasteiger partial charge < -0.3 is 15.2 Å². The normalized spacial score (nSPS) is 9.76. The van der Waals surface area contributed by atoms with Gasteiger partial charge in [0.05, 0.1) is 18.6 Å². The van der Waals surface area contributed by atoms with Crippen molar-refractivity contribution in [3.05, 3.63) is 29.3 Å². The van der Waals surface area contributed by atoms with Gasteiger partial charge in [0.15, 0.2) is 0 Å². The van der Waals surface area contributed by atoms with Crippen LogP contribution in [0.5, 0.6) is 5.75 Å². The predicted octanol–water partition coefficient (Wildman–Crippen LogP) is 1.21. The average Bonchev–Trinajstić information content (AvgIpc) is 2.30. The van der Waals surface area contributed by atoms with Crippen molar-refractivity contribution in [1.29, 1.82) is 0 Å². The summed E-state index contributed by atoms with van der Waals surface area (Å²) in [6.45, 7) is 1.91. The molecule has 5 heteroatoms. The van der Waals surface area contributed by atoms with Crippen LogP contribution in [0.3, 0.4) is 0 Å². The molecule has 1 amide bonds. The van der Waals surface area contributed by atoms with Crippen molar-refractivity contribution in [2.75, 3.05) is 13.7 Å². The second-order valence-corrected chi connectivity index (χ2v) is 3.51.